The Morgan fingerprint density at radius 3 is 2.93 bits per heavy atom. The van der Waals surface area contributed by atoms with E-state index in [-0.39, 0.29) is 0 Å². The van der Waals surface area contributed by atoms with Crippen molar-refractivity contribution >= 4 is 5.71 Å². The molecule has 0 saturated heterocycles. The molecule has 0 aliphatic heterocycles. The molecule has 2 aromatic rings. The molecule has 0 N–H and O–H groups in total. The average molecular weight is 204 g/mol. The Morgan fingerprint density at radius 2 is 2.07 bits per heavy atom. The molecular weight excluding hydrogens is 196 g/mol. The first-order chi connectivity index (χ1) is 7.43. The number of fused-ring (bicyclic) bond motifs is 1. The quantitative estimate of drug-likeness (QED) is 0.665. The average Bonchev–Trinajstić information content (AvgIpc) is 2.87. The number of aryl methyl sites for hydroxylation is 1. The molecule has 7 nitrogen and oxygen atoms in total. The van der Waals surface area contributed by atoms with Crippen molar-refractivity contribution in [1.29, 1.82) is 0 Å². The third kappa shape index (κ3) is 1.41. The maximum atomic E-state index is 4.70. The van der Waals surface area contributed by atoms with E-state index < -0.39 is 0 Å². The molecule has 0 saturated carbocycles. The van der Waals surface area contributed by atoms with Gasteiger partial charge in [-0.25, -0.2) is 9.31 Å². The normalized spacial score (nSPS) is 18.0. The van der Waals surface area contributed by atoms with Crippen molar-refractivity contribution in [1.82, 2.24) is 25.2 Å². The van der Waals surface area contributed by atoms with Gasteiger partial charge in [0.15, 0.2) is 5.69 Å². The number of hydrogen-bond donors (Lipinski definition) is 0. The van der Waals surface area contributed by atoms with E-state index in [1.54, 1.807) is 4.68 Å². The third-order valence-electron chi connectivity index (χ3n) is 2.30. The zero-order valence-corrected chi connectivity index (χ0v) is 7.87. The molecule has 2 aromatic heterocycles. The Bertz CT molecular complexity index is 485. The molecule has 76 valence electrons. The summed E-state index contributed by atoms with van der Waals surface area (Å²) in [5, 5.41) is 19.4. The van der Waals surface area contributed by atoms with E-state index in [0.717, 1.165) is 36.4 Å². The lowest BCUT2D eigenvalue weighted by atomic mass is 9.99. The van der Waals surface area contributed by atoms with Gasteiger partial charge in [-0.15, -0.1) is 10.2 Å². The van der Waals surface area contributed by atoms with Crippen LogP contribution in [0.1, 0.15) is 24.2 Å². The van der Waals surface area contributed by atoms with Gasteiger partial charge in [-0.2, -0.15) is 5.10 Å². The fraction of sp³-hybridized carbons (Fsp3) is 0.375. The lowest BCUT2D eigenvalue weighted by Gasteiger charge is -2.08. The summed E-state index contributed by atoms with van der Waals surface area (Å²) in [5.74, 6) is 0. The molecule has 0 radical (unpaired) electrons. The van der Waals surface area contributed by atoms with Crippen LogP contribution in [0.5, 0.6) is 0 Å². The van der Waals surface area contributed by atoms with Crippen LogP contribution in [-0.4, -0.2) is 30.9 Å². The second kappa shape index (κ2) is 3.26. The maximum absolute atomic E-state index is 4.70. The van der Waals surface area contributed by atoms with Crippen LogP contribution >= 0.6 is 0 Å². The summed E-state index contributed by atoms with van der Waals surface area (Å²) in [7, 11) is 0. The molecule has 2 heterocycles. The predicted molar refractivity (Wildman–Crippen MR) is 49.2 cm³/mol. The fourth-order valence-corrected chi connectivity index (χ4v) is 1.62. The molecule has 1 aliphatic carbocycles. The van der Waals surface area contributed by atoms with Crippen molar-refractivity contribution in [3.8, 4) is 0 Å². The van der Waals surface area contributed by atoms with Crippen molar-refractivity contribution in [2.24, 2.45) is 5.10 Å². The highest BCUT2D eigenvalue weighted by Gasteiger charge is 2.21. The van der Waals surface area contributed by atoms with E-state index in [0.29, 0.717) is 0 Å². The number of aromatic nitrogens is 5. The largest absolute Gasteiger partial charge is 0.244 e. The van der Waals surface area contributed by atoms with Crippen molar-refractivity contribution in [2.45, 2.75) is 19.3 Å². The van der Waals surface area contributed by atoms with E-state index in [2.05, 4.69) is 25.6 Å². The van der Waals surface area contributed by atoms with Crippen LogP contribution in [0.2, 0.25) is 0 Å². The van der Waals surface area contributed by atoms with Crippen LogP contribution in [-0.2, 0) is 6.42 Å². The molecule has 0 amide bonds. The Labute approximate surface area is 84.8 Å². The molecule has 0 aromatic carbocycles. The van der Waals surface area contributed by atoms with Crippen molar-refractivity contribution in [3.63, 3.8) is 0 Å². The van der Waals surface area contributed by atoms with Crippen LogP contribution in [0.4, 0.5) is 0 Å². The van der Waals surface area contributed by atoms with Gasteiger partial charge in [0.25, 0.3) is 0 Å². The van der Waals surface area contributed by atoms with Crippen LogP contribution in [0, 0.1) is 0 Å². The molecule has 0 atom stereocenters. The van der Waals surface area contributed by atoms with Gasteiger partial charge in [0.05, 0.1) is 5.71 Å². The van der Waals surface area contributed by atoms with E-state index in [4.69, 9.17) is 4.63 Å². The maximum Gasteiger partial charge on any atom is 0.154 e. The minimum atomic E-state index is 0.759. The zero-order chi connectivity index (χ0) is 10.1. The predicted octanol–water partition coefficient (Wildman–Crippen LogP) is 0.250. The zero-order valence-electron chi connectivity index (χ0n) is 7.87. The number of hydrogen-bond acceptors (Lipinski definition) is 6. The second-order valence-electron chi connectivity index (χ2n) is 3.30. The lowest BCUT2D eigenvalue weighted by molar-refractivity contribution is 0.303. The Hall–Kier alpha value is -2.05. The fourth-order valence-electron chi connectivity index (χ4n) is 1.62. The summed E-state index contributed by atoms with van der Waals surface area (Å²) in [4.78, 5) is 0. The van der Waals surface area contributed by atoms with Crippen LogP contribution in [0.25, 0.3) is 0 Å². The summed E-state index contributed by atoms with van der Waals surface area (Å²) in [5.41, 5.74) is 2.51. The van der Waals surface area contributed by atoms with Gasteiger partial charge >= 0.3 is 0 Å². The Balaban J connectivity index is 2.03. The first-order valence-electron chi connectivity index (χ1n) is 4.68. The smallest absolute Gasteiger partial charge is 0.154 e. The van der Waals surface area contributed by atoms with Gasteiger partial charge in [-0.1, -0.05) is 5.16 Å². The first kappa shape index (κ1) is 8.27. The first-order valence-corrected chi connectivity index (χ1v) is 4.68. The van der Waals surface area contributed by atoms with Gasteiger partial charge in [0.1, 0.15) is 18.3 Å². The Kier molecular flexibility index (Phi) is 1.80. The van der Waals surface area contributed by atoms with E-state index in [9.17, 15) is 0 Å². The highest BCUT2D eigenvalue weighted by molar-refractivity contribution is 6.00. The van der Waals surface area contributed by atoms with Gasteiger partial charge in [0.2, 0.25) is 0 Å². The lowest BCUT2D eigenvalue weighted by Crippen LogP contribution is -2.13. The summed E-state index contributed by atoms with van der Waals surface area (Å²) in [6.45, 7) is 0. The van der Waals surface area contributed by atoms with E-state index in [1.807, 2.05) is 0 Å². The standard InChI is InChI=1S/C8H8N6O/c1-2-6(11-14-4-9-10-5-14)8-7(3-1)12-15-13-8/h4-5H,1-3H2/b11-6+. The van der Waals surface area contributed by atoms with Crippen molar-refractivity contribution in [2.75, 3.05) is 0 Å². The third-order valence-corrected chi connectivity index (χ3v) is 2.30. The molecule has 0 unspecified atom stereocenters. The highest BCUT2D eigenvalue weighted by atomic mass is 16.6. The van der Waals surface area contributed by atoms with Crippen LogP contribution in [0.15, 0.2) is 22.4 Å². The summed E-state index contributed by atoms with van der Waals surface area (Å²) >= 11 is 0. The highest BCUT2D eigenvalue weighted by Crippen LogP contribution is 2.18. The molecule has 0 bridgehead atoms. The van der Waals surface area contributed by atoms with Crippen molar-refractivity contribution < 1.29 is 4.63 Å². The Morgan fingerprint density at radius 1 is 1.20 bits per heavy atom. The number of rotatable bonds is 1. The van der Waals surface area contributed by atoms with Crippen molar-refractivity contribution in [3.05, 3.63) is 24.0 Å². The SMILES string of the molecule is c1nncn1/N=C1\CCCc2nonc21. The summed E-state index contributed by atoms with van der Waals surface area (Å²) in [6.07, 6.45) is 5.87. The molecule has 1 aliphatic rings. The van der Waals surface area contributed by atoms with Gasteiger partial charge < -0.3 is 0 Å². The molecule has 7 heteroatoms. The van der Waals surface area contributed by atoms with Gasteiger partial charge in [0, 0.05) is 0 Å². The van der Waals surface area contributed by atoms with E-state index >= 15 is 0 Å². The number of nitrogens with zero attached hydrogens (tertiary/aromatic N) is 6. The van der Waals surface area contributed by atoms with Gasteiger partial charge in [-0.3, -0.25) is 0 Å². The van der Waals surface area contributed by atoms with E-state index in [1.165, 1.54) is 12.7 Å². The molecule has 0 fully saturated rings. The minimum Gasteiger partial charge on any atom is -0.244 e. The molecule has 15 heavy (non-hydrogen) atoms. The summed E-state index contributed by atoms with van der Waals surface area (Å²) < 4.78 is 6.25. The van der Waals surface area contributed by atoms with Crippen LogP contribution in [0.3, 0.4) is 0 Å². The molecule has 3 rings (SSSR count). The molecular formula is C8H8N6O. The van der Waals surface area contributed by atoms with Crippen LogP contribution < -0.4 is 0 Å². The molecule has 0 spiro atoms. The monoisotopic (exact) mass is 204 g/mol. The topological polar surface area (TPSA) is 82.0 Å². The second-order valence-corrected chi connectivity index (χ2v) is 3.30. The minimum absolute atomic E-state index is 0.759. The van der Waals surface area contributed by atoms with Gasteiger partial charge in [-0.05, 0) is 24.4 Å². The summed E-state index contributed by atoms with van der Waals surface area (Å²) in [6, 6.07) is 0.